The monoisotopic (exact) mass is 402 g/mol. The molecule has 1 aromatic heterocycles. The molecule has 0 radical (unpaired) electrons. The van der Waals surface area contributed by atoms with Gasteiger partial charge in [-0.25, -0.2) is 4.79 Å². The maximum absolute atomic E-state index is 12.3. The van der Waals surface area contributed by atoms with Crippen LogP contribution in [0.2, 0.25) is 0 Å². The maximum Gasteiger partial charge on any atom is 0.355 e. The molecule has 0 unspecified atom stereocenters. The molecule has 1 aromatic carbocycles. The van der Waals surface area contributed by atoms with Gasteiger partial charge >= 0.3 is 5.97 Å². The average Bonchev–Trinajstić information content (AvgIpc) is 2.99. The van der Waals surface area contributed by atoms with E-state index in [2.05, 4.69) is 10.3 Å². The first-order valence-corrected chi connectivity index (χ1v) is 9.08. The zero-order valence-electron chi connectivity index (χ0n) is 17.5. The van der Waals surface area contributed by atoms with Crippen molar-refractivity contribution >= 4 is 17.7 Å². The van der Waals surface area contributed by atoms with Crippen molar-refractivity contribution in [3.8, 4) is 11.5 Å². The third kappa shape index (κ3) is 4.96. The van der Waals surface area contributed by atoms with Crippen LogP contribution in [0, 0.1) is 13.8 Å². The molecular weight excluding hydrogens is 376 g/mol. The summed E-state index contributed by atoms with van der Waals surface area (Å²) in [7, 11) is 3.09. The number of Topliss-reactive ketones (excluding diaryl/α,β-unsaturated/α-hetero) is 1. The number of hydrogen-bond acceptors (Lipinski definition) is 6. The average molecular weight is 402 g/mol. The fraction of sp³-hybridized carbons (Fsp3) is 0.381. The summed E-state index contributed by atoms with van der Waals surface area (Å²) in [6.07, 6.45) is 0. The van der Waals surface area contributed by atoms with E-state index in [4.69, 9.17) is 14.2 Å². The fourth-order valence-electron chi connectivity index (χ4n) is 3.22. The largest absolute Gasteiger partial charge is 0.497 e. The molecule has 29 heavy (non-hydrogen) atoms. The van der Waals surface area contributed by atoms with E-state index < -0.39 is 24.5 Å². The molecule has 2 rings (SSSR count). The molecule has 1 atom stereocenters. The molecule has 0 saturated heterocycles. The van der Waals surface area contributed by atoms with Gasteiger partial charge in [-0.3, -0.25) is 9.59 Å². The Bertz CT molecular complexity index is 931. The van der Waals surface area contributed by atoms with Crippen molar-refractivity contribution < 1.29 is 28.6 Å². The number of esters is 1. The van der Waals surface area contributed by atoms with Gasteiger partial charge in [0.1, 0.15) is 17.2 Å². The molecular formula is C21H26N2O6. The molecule has 1 amide bonds. The summed E-state index contributed by atoms with van der Waals surface area (Å²) in [5.74, 6) is -0.0746. The molecule has 0 fully saturated rings. The van der Waals surface area contributed by atoms with E-state index >= 15 is 0 Å². The van der Waals surface area contributed by atoms with E-state index in [9.17, 15) is 14.4 Å². The summed E-state index contributed by atoms with van der Waals surface area (Å²) in [4.78, 5) is 39.1. The van der Waals surface area contributed by atoms with Crippen molar-refractivity contribution in [2.75, 3.05) is 20.8 Å². The van der Waals surface area contributed by atoms with E-state index in [1.165, 1.54) is 14.0 Å². The van der Waals surface area contributed by atoms with Gasteiger partial charge in [-0.15, -0.1) is 0 Å². The first kappa shape index (κ1) is 22.0. The number of rotatable bonds is 8. The van der Waals surface area contributed by atoms with Gasteiger partial charge in [0.25, 0.3) is 5.91 Å². The van der Waals surface area contributed by atoms with Gasteiger partial charge in [0, 0.05) is 16.8 Å². The van der Waals surface area contributed by atoms with Crippen molar-refractivity contribution in [3.05, 3.63) is 46.3 Å². The van der Waals surface area contributed by atoms with Crippen LogP contribution in [0.4, 0.5) is 0 Å². The van der Waals surface area contributed by atoms with E-state index in [1.807, 2.05) is 0 Å². The molecule has 0 bridgehead atoms. The van der Waals surface area contributed by atoms with Gasteiger partial charge in [-0.2, -0.15) is 0 Å². The number of benzene rings is 1. The van der Waals surface area contributed by atoms with Crippen molar-refractivity contribution in [1.29, 1.82) is 0 Å². The lowest BCUT2D eigenvalue weighted by atomic mass is 10.1. The number of ether oxygens (including phenoxy) is 3. The first-order chi connectivity index (χ1) is 13.7. The Morgan fingerprint density at radius 1 is 1.14 bits per heavy atom. The number of aryl methyl sites for hydroxylation is 1. The van der Waals surface area contributed by atoms with E-state index in [0.717, 1.165) is 5.56 Å². The molecule has 0 aliphatic rings. The van der Waals surface area contributed by atoms with Crippen LogP contribution in [0.5, 0.6) is 11.5 Å². The number of amides is 1. The molecule has 8 heteroatoms. The Kier molecular flexibility index (Phi) is 7.03. The lowest BCUT2D eigenvalue weighted by Gasteiger charge is -2.18. The molecule has 0 saturated carbocycles. The van der Waals surface area contributed by atoms with Crippen LogP contribution < -0.4 is 14.8 Å². The number of H-pyrrole nitrogens is 1. The van der Waals surface area contributed by atoms with E-state index in [1.54, 1.807) is 46.1 Å². The zero-order valence-corrected chi connectivity index (χ0v) is 17.5. The molecule has 156 valence electrons. The molecule has 8 nitrogen and oxygen atoms in total. The summed E-state index contributed by atoms with van der Waals surface area (Å²) in [5, 5.41) is 2.76. The minimum absolute atomic E-state index is 0.144. The topological polar surface area (TPSA) is 107 Å². The molecule has 0 aliphatic heterocycles. The smallest absolute Gasteiger partial charge is 0.355 e. The van der Waals surface area contributed by atoms with Gasteiger partial charge in [-0.1, -0.05) is 0 Å². The second-order valence-electron chi connectivity index (χ2n) is 6.65. The number of nitrogens with one attached hydrogen (secondary N) is 2. The van der Waals surface area contributed by atoms with Crippen molar-refractivity contribution in [2.45, 2.75) is 33.7 Å². The summed E-state index contributed by atoms with van der Waals surface area (Å²) in [6.45, 7) is 6.13. The summed E-state index contributed by atoms with van der Waals surface area (Å²) >= 11 is 0. The molecule has 0 aliphatic carbocycles. The highest BCUT2D eigenvalue weighted by Gasteiger charge is 2.22. The van der Waals surface area contributed by atoms with Gasteiger partial charge in [0.05, 0.1) is 20.3 Å². The highest BCUT2D eigenvalue weighted by Crippen LogP contribution is 2.29. The minimum atomic E-state index is -0.695. The Morgan fingerprint density at radius 2 is 1.83 bits per heavy atom. The second-order valence-corrected chi connectivity index (χ2v) is 6.65. The molecule has 1 heterocycles. The summed E-state index contributed by atoms with van der Waals surface area (Å²) in [5.41, 5.74) is 2.46. The highest BCUT2D eigenvalue weighted by atomic mass is 16.5. The number of hydrogen-bond donors (Lipinski definition) is 2. The van der Waals surface area contributed by atoms with Gasteiger partial charge < -0.3 is 24.5 Å². The third-order valence-corrected chi connectivity index (χ3v) is 4.61. The van der Waals surface area contributed by atoms with E-state index in [0.29, 0.717) is 28.3 Å². The molecule has 0 spiro atoms. The van der Waals surface area contributed by atoms with E-state index in [-0.39, 0.29) is 11.5 Å². The minimum Gasteiger partial charge on any atom is -0.497 e. The lowest BCUT2D eigenvalue weighted by molar-refractivity contribution is -0.124. The quantitative estimate of drug-likeness (QED) is 0.519. The summed E-state index contributed by atoms with van der Waals surface area (Å²) < 4.78 is 15.6. The second kappa shape index (κ2) is 9.27. The first-order valence-electron chi connectivity index (χ1n) is 9.08. The van der Waals surface area contributed by atoms with Crippen molar-refractivity contribution in [1.82, 2.24) is 10.3 Å². The van der Waals surface area contributed by atoms with Crippen LogP contribution >= 0.6 is 0 Å². The van der Waals surface area contributed by atoms with Crippen LogP contribution in [0.15, 0.2) is 18.2 Å². The van der Waals surface area contributed by atoms with Crippen LogP contribution in [-0.4, -0.2) is 43.5 Å². The number of ketones is 1. The van der Waals surface area contributed by atoms with Crippen molar-refractivity contribution in [3.63, 3.8) is 0 Å². The van der Waals surface area contributed by atoms with Gasteiger partial charge in [-0.05, 0) is 51.5 Å². The number of carbonyl (C=O) groups is 3. The predicted molar refractivity (Wildman–Crippen MR) is 107 cm³/mol. The van der Waals surface area contributed by atoms with Crippen LogP contribution in [0.1, 0.15) is 57.6 Å². The molecule has 2 N–H and O–H groups in total. The van der Waals surface area contributed by atoms with Crippen molar-refractivity contribution in [2.24, 2.45) is 0 Å². The highest BCUT2D eigenvalue weighted by molar-refractivity contribution is 6.01. The standard InChI is InChI=1S/C21H26N2O6/c1-11-19(14(4)24)13(3)23-20(11)21(26)29-10-18(25)22-12(2)16-9-15(27-5)7-8-17(16)28-6/h7-9,12,23H,10H2,1-6H3,(H,22,25)/t12-/m0/s1. The maximum atomic E-state index is 12.3. The Hall–Kier alpha value is -3.29. The Labute approximate surface area is 169 Å². The SMILES string of the molecule is COc1ccc(OC)c([C@H](C)NC(=O)COC(=O)c2[nH]c(C)c(C(C)=O)c2C)c1. The van der Waals surface area contributed by atoms with Crippen LogP contribution in [0.3, 0.4) is 0 Å². The Balaban J connectivity index is 2.02. The van der Waals surface area contributed by atoms with Crippen LogP contribution in [-0.2, 0) is 9.53 Å². The summed E-state index contributed by atoms with van der Waals surface area (Å²) in [6, 6.07) is 4.88. The zero-order chi connectivity index (χ0) is 21.7. The Morgan fingerprint density at radius 3 is 2.38 bits per heavy atom. The lowest BCUT2D eigenvalue weighted by Crippen LogP contribution is -2.31. The van der Waals surface area contributed by atoms with Gasteiger partial charge in [0.15, 0.2) is 12.4 Å². The predicted octanol–water partition coefficient (Wildman–Crippen LogP) is 2.89. The number of methoxy groups -OCH3 is 2. The van der Waals surface area contributed by atoms with Gasteiger partial charge in [0.2, 0.25) is 0 Å². The normalized spacial score (nSPS) is 11.5. The number of aromatic nitrogens is 1. The number of carbonyl (C=O) groups excluding carboxylic acids is 3. The molecule has 2 aromatic rings. The third-order valence-electron chi connectivity index (χ3n) is 4.61. The number of aromatic amines is 1. The van der Waals surface area contributed by atoms with Crippen LogP contribution in [0.25, 0.3) is 0 Å². The fourth-order valence-corrected chi connectivity index (χ4v) is 3.22.